The third-order valence-electron chi connectivity index (χ3n) is 6.79. The highest BCUT2D eigenvalue weighted by atomic mass is 16.5. The molecule has 0 radical (unpaired) electrons. The number of piperidine rings is 2. The van der Waals surface area contributed by atoms with Gasteiger partial charge in [0.05, 0.1) is 19.2 Å². The molecule has 0 unspecified atom stereocenters. The number of hydrogen-bond donors (Lipinski definition) is 1. The van der Waals surface area contributed by atoms with Crippen molar-refractivity contribution in [1.29, 1.82) is 0 Å². The van der Waals surface area contributed by atoms with Crippen LogP contribution in [0.5, 0.6) is 11.5 Å². The Hall–Kier alpha value is -2.01. The SMILES string of the molecule is CNc1c2c(nc3cc(OCCCN4CC5CC(C5)C4)c(OC)cc13)CCC2. The van der Waals surface area contributed by atoms with Gasteiger partial charge in [-0.2, -0.15) is 0 Å². The summed E-state index contributed by atoms with van der Waals surface area (Å²) in [6, 6.07) is 4.14. The largest absolute Gasteiger partial charge is 0.493 e. The van der Waals surface area contributed by atoms with Gasteiger partial charge in [0.15, 0.2) is 11.5 Å². The first kappa shape index (κ1) is 18.0. The van der Waals surface area contributed by atoms with Crippen LogP contribution < -0.4 is 14.8 Å². The molecule has 5 nitrogen and oxygen atoms in total. The smallest absolute Gasteiger partial charge is 0.163 e. The second kappa shape index (κ2) is 7.43. The number of ether oxygens (including phenoxy) is 2. The van der Waals surface area contributed by atoms with Crippen LogP contribution in [0.25, 0.3) is 10.9 Å². The molecule has 2 saturated heterocycles. The van der Waals surface area contributed by atoms with E-state index in [0.717, 1.165) is 66.7 Å². The van der Waals surface area contributed by atoms with E-state index in [2.05, 4.69) is 22.3 Å². The van der Waals surface area contributed by atoms with Crippen LogP contribution in [0.3, 0.4) is 0 Å². The first-order chi connectivity index (χ1) is 13.7. The molecule has 0 spiro atoms. The van der Waals surface area contributed by atoms with E-state index in [0.29, 0.717) is 0 Å². The Labute approximate surface area is 167 Å². The van der Waals surface area contributed by atoms with Gasteiger partial charge in [-0.25, -0.2) is 0 Å². The molecule has 150 valence electrons. The van der Waals surface area contributed by atoms with Crippen LogP contribution in [0, 0.1) is 11.8 Å². The molecule has 1 aromatic heterocycles. The Balaban J connectivity index is 1.30. The van der Waals surface area contributed by atoms with E-state index in [1.54, 1.807) is 7.11 Å². The van der Waals surface area contributed by atoms with Crippen LogP contribution in [0.15, 0.2) is 12.1 Å². The van der Waals surface area contributed by atoms with Crippen molar-refractivity contribution in [2.24, 2.45) is 11.8 Å². The first-order valence-electron chi connectivity index (χ1n) is 10.8. The number of methoxy groups -OCH3 is 1. The molecule has 2 aliphatic carbocycles. The van der Waals surface area contributed by atoms with Crippen molar-refractivity contribution in [2.75, 3.05) is 45.7 Å². The number of hydrogen-bond acceptors (Lipinski definition) is 5. The molecule has 6 rings (SSSR count). The van der Waals surface area contributed by atoms with Gasteiger partial charge in [0, 0.05) is 49.5 Å². The molecule has 2 aromatic rings. The van der Waals surface area contributed by atoms with Gasteiger partial charge < -0.3 is 19.7 Å². The molecule has 2 aliphatic heterocycles. The summed E-state index contributed by atoms with van der Waals surface area (Å²) in [5.41, 5.74) is 4.80. The lowest BCUT2D eigenvalue weighted by atomic mass is 9.71. The predicted molar refractivity (Wildman–Crippen MR) is 113 cm³/mol. The monoisotopic (exact) mass is 381 g/mol. The number of benzene rings is 1. The van der Waals surface area contributed by atoms with E-state index >= 15 is 0 Å². The third kappa shape index (κ3) is 3.20. The maximum absolute atomic E-state index is 6.15. The normalized spacial score (nSPS) is 23.4. The Kier molecular flexibility index (Phi) is 4.79. The van der Waals surface area contributed by atoms with Crippen molar-refractivity contribution in [3.8, 4) is 11.5 Å². The van der Waals surface area contributed by atoms with Crippen molar-refractivity contribution < 1.29 is 9.47 Å². The van der Waals surface area contributed by atoms with Crippen molar-refractivity contribution in [3.63, 3.8) is 0 Å². The average Bonchev–Trinajstić information content (AvgIpc) is 3.16. The lowest BCUT2D eigenvalue weighted by molar-refractivity contribution is 0.0251. The number of fused-ring (bicyclic) bond motifs is 4. The second-order valence-corrected chi connectivity index (χ2v) is 8.70. The van der Waals surface area contributed by atoms with Crippen LogP contribution >= 0.6 is 0 Å². The molecule has 1 saturated carbocycles. The quantitative estimate of drug-likeness (QED) is 0.738. The van der Waals surface area contributed by atoms with Gasteiger partial charge >= 0.3 is 0 Å². The number of rotatable bonds is 7. The number of nitrogens with zero attached hydrogens (tertiary/aromatic N) is 2. The fraction of sp³-hybridized carbons (Fsp3) is 0.609. The third-order valence-corrected chi connectivity index (χ3v) is 6.79. The van der Waals surface area contributed by atoms with Crippen LogP contribution in [-0.2, 0) is 12.8 Å². The van der Waals surface area contributed by atoms with Gasteiger partial charge in [0.25, 0.3) is 0 Å². The molecule has 28 heavy (non-hydrogen) atoms. The minimum absolute atomic E-state index is 0.720. The predicted octanol–water partition coefficient (Wildman–Crippen LogP) is 3.88. The Morgan fingerprint density at radius 2 is 1.96 bits per heavy atom. The summed E-state index contributed by atoms with van der Waals surface area (Å²) in [6.45, 7) is 4.44. The lowest BCUT2D eigenvalue weighted by Gasteiger charge is -2.47. The average molecular weight is 382 g/mol. The molecule has 0 amide bonds. The molecule has 3 heterocycles. The molecule has 2 bridgehead atoms. The molecule has 0 atom stereocenters. The van der Waals surface area contributed by atoms with Crippen molar-refractivity contribution in [2.45, 2.75) is 38.5 Å². The molecule has 1 N–H and O–H groups in total. The summed E-state index contributed by atoms with van der Waals surface area (Å²) in [6.07, 6.45) is 7.35. The highest BCUT2D eigenvalue weighted by Crippen LogP contribution is 2.40. The molecule has 1 aromatic carbocycles. The maximum atomic E-state index is 6.15. The van der Waals surface area contributed by atoms with E-state index in [1.165, 1.54) is 49.3 Å². The zero-order valence-electron chi connectivity index (χ0n) is 17.1. The number of pyridine rings is 1. The standard InChI is InChI=1S/C23H31N3O2/c1-24-23-17-5-3-6-19(17)25-20-12-22(21(27-2)11-18(20)23)28-8-4-7-26-13-15-9-16(10-15)14-26/h11-12,15-16H,3-10,13-14H2,1-2H3,(H,24,25). The van der Waals surface area contributed by atoms with Gasteiger partial charge in [0.2, 0.25) is 0 Å². The van der Waals surface area contributed by atoms with Crippen LogP contribution in [0.4, 0.5) is 5.69 Å². The Morgan fingerprint density at radius 1 is 1.14 bits per heavy atom. The number of aryl methyl sites for hydroxylation is 1. The molecular formula is C23H31N3O2. The highest BCUT2D eigenvalue weighted by molar-refractivity contribution is 5.95. The molecular weight excluding hydrogens is 350 g/mol. The van der Waals surface area contributed by atoms with Gasteiger partial charge in [-0.15, -0.1) is 0 Å². The number of anilines is 1. The minimum atomic E-state index is 0.720. The summed E-state index contributed by atoms with van der Waals surface area (Å²) < 4.78 is 11.8. The van der Waals surface area contributed by atoms with Gasteiger partial charge in [-0.3, -0.25) is 4.98 Å². The van der Waals surface area contributed by atoms with E-state index in [-0.39, 0.29) is 0 Å². The van der Waals surface area contributed by atoms with E-state index in [9.17, 15) is 0 Å². The maximum Gasteiger partial charge on any atom is 0.163 e. The van der Waals surface area contributed by atoms with Crippen molar-refractivity contribution >= 4 is 16.6 Å². The second-order valence-electron chi connectivity index (χ2n) is 8.70. The van der Waals surface area contributed by atoms with Crippen LogP contribution in [0.2, 0.25) is 0 Å². The van der Waals surface area contributed by atoms with Crippen LogP contribution in [0.1, 0.15) is 36.9 Å². The fourth-order valence-electron chi connectivity index (χ4n) is 5.46. The van der Waals surface area contributed by atoms with Crippen molar-refractivity contribution in [1.82, 2.24) is 9.88 Å². The van der Waals surface area contributed by atoms with Gasteiger partial charge in [0.1, 0.15) is 0 Å². The van der Waals surface area contributed by atoms with E-state index < -0.39 is 0 Å². The zero-order valence-corrected chi connectivity index (χ0v) is 17.1. The fourth-order valence-corrected chi connectivity index (χ4v) is 5.46. The van der Waals surface area contributed by atoms with Gasteiger partial charge in [-0.1, -0.05) is 0 Å². The lowest BCUT2D eigenvalue weighted by Crippen LogP contribution is -2.48. The molecule has 3 fully saturated rings. The van der Waals surface area contributed by atoms with Crippen molar-refractivity contribution in [3.05, 3.63) is 23.4 Å². The van der Waals surface area contributed by atoms with Crippen LogP contribution in [-0.4, -0.2) is 50.3 Å². The molecule has 4 aliphatic rings. The minimum Gasteiger partial charge on any atom is -0.493 e. The zero-order chi connectivity index (χ0) is 19.1. The topological polar surface area (TPSA) is 46.6 Å². The van der Waals surface area contributed by atoms with Gasteiger partial charge in [-0.05, 0) is 62.0 Å². The summed E-state index contributed by atoms with van der Waals surface area (Å²) in [4.78, 5) is 7.55. The van der Waals surface area contributed by atoms with E-state index in [4.69, 9.17) is 14.5 Å². The Bertz CT molecular complexity index is 866. The first-order valence-corrected chi connectivity index (χ1v) is 10.8. The number of aromatic nitrogens is 1. The number of nitrogens with one attached hydrogen (secondary N) is 1. The van der Waals surface area contributed by atoms with E-state index in [1.807, 2.05) is 7.05 Å². The molecule has 5 heteroatoms. The Morgan fingerprint density at radius 3 is 2.71 bits per heavy atom. The summed E-state index contributed by atoms with van der Waals surface area (Å²) >= 11 is 0. The highest BCUT2D eigenvalue weighted by Gasteiger charge is 2.36. The summed E-state index contributed by atoms with van der Waals surface area (Å²) in [7, 11) is 3.71. The summed E-state index contributed by atoms with van der Waals surface area (Å²) in [5.74, 6) is 3.54. The summed E-state index contributed by atoms with van der Waals surface area (Å²) in [5, 5.41) is 4.52.